The molecule has 33 heavy (non-hydrogen) atoms. The minimum absolute atomic E-state index is 0. The van der Waals surface area contributed by atoms with Crippen LogP contribution in [0.2, 0.25) is 0 Å². The molecule has 5 rings (SSSR count). The summed E-state index contributed by atoms with van der Waals surface area (Å²) in [6.07, 6.45) is 7.32. The van der Waals surface area contributed by atoms with Gasteiger partial charge in [0.25, 0.3) is 5.91 Å². The second kappa shape index (κ2) is 8.73. The summed E-state index contributed by atoms with van der Waals surface area (Å²) in [5.74, 6) is 1.07. The van der Waals surface area contributed by atoms with Crippen LogP contribution in [0.3, 0.4) is 0 Å². The van der Waals surface area contributed by atoms with E-state index < -0.39 is 5.60 Å². The SMILES string of the molecule is CCC1CN(c2ccccn2)CC2(CCN(C(=O)c3ccc(C4(O)CCC4)c(C)c3)CC2)O1.[HH]. The quantitative estimate of drug-likeness (QED) is 0.751. The molecular formula is C27H37N3O3. The number of nitrogens with zero attached hydrogens (tertiary/aromatic N) is 3. The second-order valence-electron chi connectivity index (χ2n) is 10.1. The van der Waals surface area contributed by atoms with E-state index >= 15 is 0 Å². The van der Waals surface area contributed by atoms with Gasteiger partial charge in [-0.25, -0.2) is 4.98 Å². The van der Waals surface area contributed by atoms with Crippen LogP contribution in [-0.4, -0.2) is 58.8 Å². The first-order chi connectivity index (χ1) is 15.9. The normalized spacial score (nSPS) is 23.9. The molecule has 3 fully saturated rings. The van der Waals surface area contributed by atoms with Crippen molar-refractivity contribution in [3.63, 3.8) is 0 Å². The van der Waals surface area contributed by atoms with Gasteiger partial charge in [-0.2, -0.15) is 0 Å². The number of aliphatic hydroxyl groups is 1. The lowest BCUT2D eigenvalue weighted by Gasteiger charge is -2.50. The van der Waals surface area contributed by atoms with Gasteiger partial charge in [-0.05, 0) is 80.8 Å². The molecule has 0 radical (unpaired) electrons. The maximum atomic E-state index is 13.3. The number of ether oxygens (including phenoxy) is 1. The Labute approximate surface area is 198 Å². The van der Waals surface area contributed by atoms with Crippen molar-refractivity contribution < 1.29 is 16.1 Å². The van der Waals surface area contributed by atoms with Crippen LogP contribution < -0.4 is 4.90 Å². The molecule has 6 nitrogen and oxygen atoms in total. The van der Waals surface area contributed by atoms with E-state index in [2.05, 4.69) is 22.9 Å². The number of hydrogen-bond donors (Lipinski definition) is 1. The molecule has 2 aromatic rings. The zero-order chi connectivity index (χ0) is 23.1. The maximum Gasteiger partial charge on any atom is 0.253 e. The van der Waals surface area contributed by atoms with Crippen LogP contribution in [0.5, 0.6) is 0 Å². The Bertz CT molecular complexity index is 1000. The molecule has 2 saturated heterocycles. The van der Waals surface area contributed by atoms with Crippen LogP contribution in [0.1, 0.15) is 68.4 Å². The number of aryl methyl sites for hydroxylation is 1. The van der Waals surface area contributed by atoms with Crippen molar-refractivity contribution in [2.24, 2.45) is 0 Å². The third-order valence-corrected chi connectivity index (χ3v) is 7.87. The van der Waals surface area contributed by atoms with Gasteiger partial charge in [0.1, 0.15) is 5.82 Å². The van der Waals surface area contributed by atoms with E-state index in [-0.39, 0.29) is 19.0 Å². The van der Waals surface area contributed by atoms with Crippen molar-refractivity contribution >= 4 is 11.7 Å². The summed E-state index contributed by atoms with van der Waals surface area (Å²) < 4.78 is 6.61. The van der Waals surface area contributed by atoms with Gasteiger partial charge in [0.15, 0.2) is 0 Å². The lowest BCUT2D eigenvalue weighted by molar-refractivity contribution is -0.130. The van der Waals surface area contributed by atoms with Crippen LogP contribution in [0.15, 0.2) is 42.6 Å². The van der Waals surface area contributed by atoms with E-state index in [1.54, 1.807) is 0 Å². The topological polar surface area (TPSA) is 65.9 Å². The molecule has 1 unspecified atom stereocenters. The molecule has 178 valence electrons. The Balaban J connectivity index is 0.00000274. The fourth-order valence-corrected chi connectivity index (χ4v) is 5.69. The summed E-state index contributed by atoms with van der Waals surface area (Å²) in [4.78, 5) is 22.1. The van der Waals surface area contributed by atoms with E-state index in [1.165, 1.54) is 0 Å². The van der Waals surface area contributed by atoms with Crippen LogP contribution >= 0.6 is 0 Å². The molecule has 3 aliphatic rings. The molecule has 6 heteroatoms. The van der Waals surface area contributed by atoms with E-state index in [0.717, 1.165) is 68.6 Å². The monoisotopic (exact) mass is 451 g/mol. The molecule has 1 amide bonds. The molecular weight excluding hydrogens is 414 g/mol. The number of rotatable bonds is 4. The lowest BCUT2D eigenvalue weighted by atomic mass is 9.73. The second-order valence-corrected chi connectivity index (χ2v) is 10.1. The van der Waals surface area contributed by atoms with Crippen LogP contribution in [-0.2, 0) is 10.3 Å². The molecule has 1 aromatic heterocycles. The summed E-state index contributed by atoms with van der Waals surface area (Å²) in [5.41, 5.74) is 1.75. The fourth-order valence-electron chi connectivity index (χ4n) is 5.69. The van der Waals surface area contributed by atoms with Crippen LogP contribution in [0.4, 0.5) is 5.82 Å². The minimum Gasteiger partial charge on any atom is -0.385 e. The molecule has 1 N–H and O–H groups in total. The van der Waals surface area contributed by atoms with Gasteiger partial charge < -0.3 is 19.6 Å². The third-order valence-electron chi connectivity index (χ3n) is 7.87. The average molecular weight is 452 g/mol. The molecule has 1 saturated carbocycles. The highest BCUT2D eigenvalue weighted by Gasteiger charge is 2.44. The van der Waals surface area contributed by atoms with Crippen molar-refractivity contribution in [1.82, 2.24) is 9.88 Å². The molecule has 3 heterocycles. The number of hydrogen-bond acceptors (Lipinski definition) is 5. The number of carbonyl (C=O) groups is 1. The number of amides is 1. The highest BCUT2D eigenvalue weighted by atomic mass is 16.5. The average Bonchev–Trinajstić information content (AvgIpc) is 2.83. The zero-order valence-corrected chi connectivity index (χ0v) is 19.8. The first-order valence-corrected chi connectivity index (χ1v) is 12.4. The van der Waals surface area contributed by atoms with Gasteiger partial charge in [-0.1, -0.05) is 19.1 Å². The molecule has 1 aromatic carbocycles. The van der Waals surface area contributed by atoms with Gasteiger partial charge in [0.05, 0.1) is 17.3 Å². The van der Waals surface area contributed by atoms with Gasteiger partial charge in [0, 0.05) is 39.4 Å². The van der Waals surface area contributed by atoms with Crippen LogP contribution in [0.25, 0.3) is 0 Å². The van der Waals surface area contributed by atoms with Crippen molar-refractivity contribution in [3.05, 3.63) is 59.3 Å². The number of carbonyl (C=O) groups excluding carboxylic acids is 1. The standard InChI is InChI=1S/C27H35N3O3.H2/c1-3-22-18-30(24-7-4-5-14-28-24)19-26(33-22)12-15-29(16-13-26)25(31)21-8-9-23(20(2)17-21)27(32)10-6-11-27;/h4-5,7-9,14,17,22,32H,3,6,10-13,15-16,18-19H2,1-2H3;1H. The third kappa shape index (κ3) is 4.26. The molecule has 1 spiro atoms. The van der Waals surface area contributed by atoms with Crippen molar-refractivity contribution in [2.45, 2.75) is 69.7 Å². The van der Waals surface area contributed by atoms with Gasteiger partial charge in [-0.15, -0.1) is 0 Å². The summed E-state index contributed by atoms with van der Waals surface area (Å²) in [5, 5.41) is 10.7. The van der Waals surface area contributed by atoms with Crippen LogP contribution in [0, 0.1) is 6.92 Å². The Hall–Kier alpha value is -2.44. The molecule has 1 atom stereocenters. The predicted molar refractivity (Wildman–Crippen MR) is 131 cm³/mol. The predicted octanol–water partition coefficient (Wildman–Crippen LogP) is 4.30. The Kier molecular flexibility index (Phi) is 5.91. The number of likely N-dealkylation sites (tertiary alicyclic amines) is 1. The number of benzene rings is 1. The maximum absolute atomic E-state index is 13.3. The smallest absolute Gasteiger partial charge is 0.253 e. The number of anilines is 1. The molecule has 2 aliphatic heterocycles. The van der Waals surface area contributed by atoms with Crippen molar-refractivity contribution in [1.29, 1.82) is 0 Å². The fraction of sp³-hybridized carbons (Fsp3) is 0.556. The first-order valence-electron chi connectivity index (χ1n) is 12.4. The summed E-state index contributed by atoms with van der Waals surface area (Å²) in [6.45, 7) is 7.22. The Morgan fingerprint density at radius 2 is 2.00 bits per heavy atom. The zero-order valence-electron chi connectivity index (χ0n) is 19.8. The summed E-state index contributed by atoms with van der Waals surface area (Å²) in [6, 6.07) is 11.8. The Morgan fingerprint density at radius 3 is 2.61 bits per heavy atom. The minimum atomic E-state index is -0.698. The number of aromatic nitrogens is 1. The Morgan fingerprint density at radius 1 is 1.21 bits per heavy atom. The van der Waals surface area contributed by atoms with Gasteiger partial charge in [-0.3, -0.25) is 4.79 Å². The molecule has 0 bridgehead atoms. The highest BCUT2D eigenvalue weighted by molar-refractivity contribution is 5.94. The lowest BCUT2D eigenvalue weighted by Crippen LogP contribution is -2.60. The van der Waals surface area contributed by atoms with Gasteiger partial charge in [0.2, 0.25) is 0 Å². The van der Waals surface area contributed by atoms with E-state index in [9.17, 15) is 9.90 Å². The highest BCUT2D eigenvalue weighted by Crippen LogP contribution is 2.42. The van der Waals surface area contributed by atoms with Crippen molar-refractivity contribution in [3.8, 4) is 0 Å². The number of pyridine rings is 1. The number of piperidine rings is 1. The summed E-state index contributed by atoms with van der Waals surface area (Å²) in [7, 11) is 0. The summed E-state index contributed by atoms with van der Waals surface area (Å²) >= 11 is 0. The number of morpholine rings is 1. The van der Waals surface area contributed by atoms with E-state index in [1.807, 2.05) is 48.4 Å². The van der Waals surface area contributed by atoms with Crippen molar-refractivity contribution in [2.75, 3.05) is 31.1 Å². The first kappa shape index (κ1) is 22.4. The van der Waals surface area contributed by atoms with E-state index in [0.29, 0.717) is 18.7 Å². The molecule has 1 aliphatic carbocycles. The van der Waals surface area contributed by atoms with E-state index in [4.69, 9.17) is 4.74 Å². The van der Waals surface area contributed by atoms with Gasteiger partial charge >= 0.3 is 0 Å². The largest absolute Gasteiger partial charge is 0.385 e.